The smallest absolute Gasteiger partial charge is 0.255 e. The molecule has 0 heterocycles. The summed E-state index contributed by atoms with van der Waals surface area (Å²) < 4.78 is 1.01. The third-order valence-corrected chi connectivity index (χ3v) is 5.08. The topological polar surface area (TPSA) is 58.2 Å². The van der Waals surface area contributed by atoms with Crippen molar-refractivity contribution in [1.82, 2.24) is 5.32 Å². The van der Waals surface area contributed by atoms with E-state index < -0.39 is 0 Å². The van der Waals surface area contributed by atoms with E-state index in [-0.39, 0.29) is 17.9 Å². The SMILES string of the molecule is O=C(Nc1cccc(C(=O)NC2CCCCC2)c1)c1cccc(I)c1. The third-order valence-electron chi connectivity index (χ3n) is 4.41. The summed E-state index contributed by atoms with van der Waals surface area (Å²) in [5.41, 5.74) is 1.80. The lowest BCUT2D eigenvalue weighted by molar-refractivity contribution is 0.0926. The van der Waals surface area contributed by atoms with Gasteiger partial charge in [-0.15, -0.1) is 0 Å². The maximum absolute atomic E-state index is 12.4. The average Bonchev–Trinajstić information content (AvgIpc) is 2.63. The highest BCUT2D eigenvalue weighted by atomic mass is 127. The first-order valence-electron chi connectivity index (χ1n) is 8.60. The molecule has 0 aromatic heterocycles. The zero-order valence-corrected chi connectivity index (χ0v) is 16.1. The predicted octanol–water partition coefficient (Wildman–Crippen LogP) is 4.61. The molecule has 2 amide bonds. The van der Waals surface area contributed by atoms with Gasteiger partial charge in [-0.25, -0.2) is 0 Å². The minimum atomic E-state index is -0.177. The van der Waals surface area contributed by atoms with Crippen LogP contribution in [0.15, 0.2) is 48.5 Å². The van der Waals surface area contributed by atoms with Crippen LogP contribution >= 0.6 is 22.6 Å². The molecule has 130 valence electrons. The maximum atomic E-state index is 12.4. The number of nitrogens with one attached hydrogen (secondary N) is 2. The Bertz CT molecular complexity index is 770. The predicted molar refractivity (Wildman–Crippen MR) is 108 cm³/mol. The van der Waals surface area contributed by atoms with Gasteiger partial charge in [-0.05, 0) is 71.8 Å². The second kappa shape index (κ2) is 8.47. The van der Waals surface area contributed by atoms with Crippen LogP contribution in [-0.2, 0) is 0 Å². The van der Waals surface area contributed by atoms with Crippen molar-refractivity contribution in [3.63, 3.8) is 0 Å². The summed E-state index contributed by atoms with van der Waals surface area (Å²) in [6.07, 6.45) is 5.71. The number of amides is 2. The van der Waals surface area contributed by atoms with Crippen molar-refractivity contribution in [2.45, 2.75) is 38.1 Å². The van der Waals surface area contributed by atoms with Gasteiger partial charge < -0.3 is 10.6 Å². The second-order valence-electron chi connectivity index (χ2n) is 6.35. The molecule has 2 aromatic carbocycles. The molecule has 1 fully saturated rings. The fourth-order valence-electron chi connectivity index (χ4n) is 3.09. The number of anilines is 1. The van der Waals surface area contributed by atoms with Crippen molar-refractivity contribution >= 4 is 40.1 Å². The fraction of sp³-hybridized carbons (Fsp3) is 0.300. The van der Waals surface area contributed by atoms with E-state index in [1.54, 1.807) is 30.3 Å². The number of halogens is 1. The molecular formula is C20H21IN2O2. The average molecular weight is 448 g/mol. The van der Waals surface area contributed by atoms with E-state index in [0.29, 0.717) is 16.8 Å². The minimum absolute atomic E-state index is 0.0720. The molecule has 25 heavy (non-hydrogen) atoms. The van der Waals surface area contributed by atoms with Crippen molar-refractivity contribution in [3.8, 4) is 0 Å². The lowest BCUT2D eigenvalue weighted by atomic mass is 9.95. The van der Waals surface area contributed by atoms with Crippen LogP contribution in [-0.4, -0.2) is 17.9 Å². The number of hydrogen-bond acceptors (Lipinski definition) is 2. The van der Waals surface area contributed by atoms with Crippen molar-refractivity contribution in [1.29, 1.82) is 0 Å². The molecule has 0 saturated heterocycles. The van der Waals surface area contributed by atoms with Crippen molar-refractivity contribution in [2.24, 2.45) is 0 Å². The van der Waals surface area contributed by atoms with E-state index in [1.165, 1.54) is 19.3 Å². The largest absolute Gasteiger partial charge is 0.349 e. The summed E-state index contributed by atoms with van der Waals surface area (Å²) >= 11 is 2.18. The third kappa shape index (κ3) is 5.04. The molecule has 0 spiro atoms. The number of benzene rings is 2. The summed E-state index contributed by atoms with van der Waals surface area (Å²) in [4.78, 5) is 24.8. The van der Waals surface area contributed by atoms with Crippen molar-refractivity contribution < 1.29 is 9.59 Å². The van der Waals surface area contributed by atoms with Crippen LogP contribution < -0.4 is 10.6 Å². The van der Waals surface area contributed by atoms with Gasteiger partial charge in [0.25, 0.3) is 11.8 Å². The van der Waals surface area contributed by atoms with Crippen molar-refractivity contribution in [2.75, 3.05) is 5.32 Å². The lowest BCUT2D eigenvalue weighted by Crippen LogP contribution is -2.36. The van der Waals surface area contributed by atoms with Crippen LogP contribution in [0.4, 0.5) is 5.69 Å². The molecule has 2 N–H and O–H groups in total. The number of rotatable bonds is 4. The van der Waals surface area contributed by atoms with E-state index in [4.69, 9.17) is 0 Å². The summed E-state index contributed by atoms with van der Waals surface area (Å²) in [5, 5.41) is 5.96. The van der Waals surface area contributed by atoms with Gasteiger partial charge in [0, 0.05) is 26.4 Å². The van der Waals surface area contributed by atoms with Crippen LogP contribution in [0.1, 0.15) is 52.8 Å². The van der Waals surface area contributed by atoms with E-state index in [1.807, 2.05) is 18.2 Å². The Morgan fingerprint density at radius 3 is 2.28 bits per heavy atom. The molecule has 1 aliphatic carbocycles. The van der Waals surface area contributed by atoms with Gasteiger partial charge in [-0.1, -0.05) is 31.4 Å². The maximum Gasteiger partial charge on any atom is 0.255 e. The first kappa shape index (κ1) is 17.9. The van der Waals surface area contributed by atoms with Gasteiger partial charge in [-0.3, -0.25) is 9.59 Å². The van der Waals surface area contributed by atoms with Gasteiger partial charge in [0.1, 0.15) is 0 Å². The molecule has 2 aromatic rings. The van der Waals surface area contributed by atoms with Gasteiger partial charge >= 0.3 is 0 Å². The number of carbonyl (C=O) groups excluding carboxylic acids is 2. The molecular weight excluding hydrogens is 427 g/mol. The Labute approximate surface area is 161 Å². The molecule has 3 rings (SSSR count). The van der Waals surface area contributed by atoms with E-state index in [0.717, 1.165) is 16.4 Å². The fourth-order valence-corrected chi connectivity index (χ4v) is 3.63. The van der Waals surface area contributed by atoms with Crippen LogP contribution in [0.25, 0.3) is 0 Å². The molecule has 0 bridgehead atoms. The van der Waals surface area contributed by atoms with Crippen LogP contribution in [0.5, 0.6) is 0 Å². The van der Waals surface area contributed by atoms with Gasteiger partial charge in [0.15, 0.2) is 0 Å². The summed E-state index contributed by atoms with van der Waals surface area (Å²) in [7, 11) is 0. The zero-order chi connectivity index (χ0) is 17.6. The Balaban J connectivity index is 1.66. The number of carbonyl (C=O) groups is 2. The first-order valence-corrected chi connectivity index (χ1v) is 9.67. The Kier molecular flexibility index (Phi) is 6.07. The zero-order valence-electron chi connectivity index (χ0n) is 13.9. The molecule has 0 atom stereocenters. The van der Waals surface area contributed by atoms with Crippen LogP contribution in [0, 0.1) is 3.57 Å². The van der Waals surface area contributed by atoms with Crippen LogP contribution in [0.3, 0.4) is 0 Å². The molecule has 5 heteroatoms. The molecule has 0 unspecified atom stereocenters. The summed E-state index contributed by atoms with van der Waals surface area (Å²) in [6, 6.07) is 14.8. The highest BCUT2D eigenvalue weighted by Crippen LogP contribution is 2.19. The monoisotopic (exact) mass is 448 g/mol. The molecule has 0 radical (unpaired) electrons. The standard InChI is InChI=1S/C20H21IN2O2/c21-16-8-4-6-14(12-16)19(24)23-18-11-5-7-15(13-18)20(25)22-17-9-2-1-3-10-17/h4-8,11-13,17H,1-3,9-10H2,(H,22,25)(H,23,24). The molecule has 1 aliphatic rings. The summed E-state index contributed by atoms with van der Waals surface area (Å²) in [5.74, 6) is -0.249. The molecule has 1 saturated carbocycles. The summed E-state index contributed by atoms with van der Waals surface area (Å²) in [6.45, 7) is 0. The van der Waals surface area contributed by atoms with Gasteiger partial charge in [0.2, 0.25) is 0 Å². The highest BCUT2D eigenvalue weighted by Gasteiger charge is 2.17. The lowest BCUT2D eigenvalue weighted by Gasteiger charge is -2.22. The molecule has 4 nitrogen and oxygen atoms in total. The van der Waals surface area contributed by atoms with Gasteiger partial charge in [0.05, 0.1) is 0 Å². The molecule has 0 aliphatic heterocycles. The van der Waals surface area contributed by atoms with E-state index in [9.17, 15) is 9.59 Å². The Hall–Kier alpha value is -1.89. The Morgan fingerprint density at radius 1 is 0.880 bits per heavy atom. The first-order chi connectivity index (χ1) is 12.1. The highest BCUT2D eigenvalue weighted by molar-refractivity contribution is 14.1. The second-order valence-corrected chi connectivity index (χ2v) is 7.60. The van der Waals surface area contributed by atoms with Crippen molar-refractivity contribution in [3.05, 3.63) is 63.2 Å². The number of hydrogen-bond donors (Lipinski definition) is 2. The van der Waals surface area contributed by atoms with E-state index >= 15 is 0 Å². The van der Waals surface area contributed by atoms with Gasteiger partial charge in [-0.2, -0.15) is 0 Å². The van der Waals surface area contributed by atoms with E-state index in [2.05, 4.69) is 33.2 Å². The normalized spacial score (nSPS) is 14.8. The Morgan fingerprint density at radius 2 is 1.56 bits per heavy atom. The quantitative estimate of drug-likeness (QED) is 0.672. The van der Waals surface area contributed by atoms with Crippen LogP contribution in [0.2, 0.25) is 0 Å². The minimum Gasteiger partial charge on any atom is -0.349 e.